The van der Waals surface area contributed by atoms with Crippen LogP contribution in [0.25, 0.3) is 0 Å². The molecule has 1 aromatic carbocycles. The minimum Gasteiger partial charge on any atom is -0.496 e. The van der Waals surface area contributed by atoms with Crippen LogP contribution in [0.1, 0.15) is 24.2 Å². The van der Waals surface area contributed by atoms with Crippen LogP contribution in [-0.4, -0.2) is 32.4 Å². The number of benzene rings is 1. The first-order valence-corrected chi connectivity index (χ1v) is 5.75. The number of aliphatic hydroxyl groups is 1. The second-order valence-electron chi connectivity index (χ2n) is 3.84. The maximum Gasteiger partial charge on any atom is 0.131 e. The molecule has 96 valence electrons. The van der Waals surface area contributed by atoms with Gasteiger partial charge in [-0.2, -0.15) is 0 Å². The second-order valence-corrected chi connectivity index (χ2v) is 3.84. The zero-order chi connectivity index (χ0) is 12.8. The minimum atomic E-state index is -0.575. The van der Waals surface area contributed by atoms with Crippen LogP contribution in [0, 0.1) is 6.92 Å². The first-order valence-electron chi connectivity index (χ1n) is 5.75. The van der Waals surface area contributed by atoms with Crippen LogP contribution in [0.15, 0.2) is 12.1 Å². The van der Waals surface area contributed by atoms with E-state index in [2.05, 4.69) is 5.32 Å². The van der Waals surface area contributed by atoms with Gasteiger partial charge in [0.2, 0.25) is 0 Å². The highest BCUT2D eigenvalue weighted by Gasteiger charge is 2.17. The minimum absolute atomic E-state index is 0.513. The van der Waals surface area contributed by atoms with Crippen molar-refractivity contribution < 1.29 is 14.6 Å². The predicted octanol–water partition coefficient (Wildman–Crippen LogP) is 1.66. The Balaban J connectivity index is 3.03. The largest absolute Gasteiger partial charge is 0.496 e. The van der Waals surface area contributed by atoms with Crippen molar-refractivity contribution in [2.45, 2.75) is 20.0 Å². The molecule has 0 aliphatic heterocycles. The maximum absolute atomic E-state index is 10.1. The van der Waals surface area contributed by atoms with E-state index < -0.39 is 6.10 Å². The van der Waals surface area contributed by atoms with Crippen molar-refractivity contribution >= 4 is 0 Å². The molecule has 0 spiro atoms. The van der Waals surface area contributed by atoms with Crippen LogP contribution in [0.5, 0.6) is 11.5 Å². The lowest BCUT2D eigenvalue weighted by atomic mass is 10.0. The highest BCUT2D eigenvalue weighted by Crippen LogP contribution is 2.34. The fourth-order valence-corrected chi connectivity index (χ4v) is 1.84. The number of hydrogen-bond donors (Lipinski definition) is 2. The molecule has 0 saturated heterocycles. The molecule has 17 heavy (non-hydrogen) atoms. The third-order valence-electron chi connectivity index (χ3n) is 2.76. The second kappa shape index (κ2) is 6.47. The Hall–Kier alpha value is -1.26. The standard InChI is InChI=1S/C13H21NO3/c1-5-14-8-11(15)10-6-7-12(16-3)9(2)13(10)17-4/h6-7,11,14-15H,5,8H2,1-4H3. The molecule has 0 amide bonds. The van der Waals surface area contributed by atoms with Crippen molar-refractivity contribution in [3.8, 4) is 11.5 Å². The Morgan fingerprint density at radius 1 is 1.29 bits per heavy atom. The molecular formula is C13H21NO3. The van der Waals surface area contributed by atoms with Gasteiger partial charge >= 0.3 is 0 Å². The molecule has 0 saturated carbocycles. The molecule has 0 aliphatic rings. The van der Waals surface area contributed by atoms with Gasteiger partial charge in [0.1, 0.15) is 11.5 Å². The number of aliphatic hydroxyl groups excluding tert-OH is 1. The van der Waals surface area contributed by atoms with Crippen LogP contribution in [0.4, 0.5) is 0 Å². The lowest BCUT2D eigenvalue weighted by molar-refractivity contribution is 0.171. The van der Waals surface area contributed by atoms with E-state index in [0.717, 1.165) is 23.4 Å². The van der Waals surface area contributed by atoms with Gasteiger partial charge < -0.3 is 19.9 Å². The average Bonchev–Trinajstić information content (AvgIpc) is 2.35. The first-order chi connectivity index (χ1) is 8.15. The molecule has 1 atom stereocenters. The lowest BCUT2D eigenvalue weighted by Gasteiger charge is -2.18. The summed E-state index contributed by atoms with van der Waals surface area (Å²) in [5.41, 5.74) is 1.69. The molecule has 0 bridgehead atoms. The number of hydrogen-bond acceptors (Lipinski definition) is 4. The Morgan fingerprint density at radius 2 is 2.00 bits per heavy atom. The number of ether oxygens (including phenoxy) is 2. The van der Waals surface area contributed by atoms with Gasteiger partial charge in [0.15, 0.2) is 0 Å². The summed E-state index contributed by atoms with van der Waals surface area (Å²) in [7, 11) is 3.22. The molecular weight excluding hydrogens is 218 g/mol. The monoisotopic (exact) mass is 239 g/mol. The smallest absolute Gasteiger partial charge is 0.131 e. The number of methoxy groups -OCH3 is 2. The van der Waals surface area contributed by atoms with Gasteiger partial charge in [-0.25, -0.2) is 0 Å². The summed E-state index contributed by atoms with van der Waals surface area (Å²) < 4.78 is 10.6. The molecule has 1 aromatic rings. The van der Waals surface area contributed by atoms with E-state index >= 15 is 0 Å². The van der Waals surface area contributed by atoms with E-state index in [4.69, 9.17) is 9.47 Å². The summed E-state index contributed by atoms with van der Waals surface area (Å²) in [6.45, 7) is 5.26. The number of nitrogens with one attached hydrogen (secondary N) is 1. The quantitative estimate of drug-likeness (QED) is 0.792. The van der Waals surface area contributed by atoms with E-state index in [1.54, 1.807) is 14.2 Å². The molecule has 0 aromatic heterocycles. The maximum atomic E-state index is 10.1. The van der Waals surface area contributed by atoms with Gasteiger partial charge in [0, 0.05) is 17.7 Å². The van der Waals surface area contributed by atoms with E-state index in [9.17, 15) is 5.11 Å². The van der Waals surface area contributed by atoms with Crippen LogP contribution >= 0.6 is 0 Å². The summed E-state index contributed by atoms with van der Waals surface area (Å²) >= 11 is 0. The van der Waals surface area contributed by atoms with Crippen molar-refractivity contribution in [2.75, 3.05) is 27.3 Å². The summed E-state index contributed by atoms with van der Waals surface area (Å²) in [6, 6.07) is 3.69. The van der Waals surface area contributed by atoms with Gasteiger partial charge in [0.25, 0.3) is 0 Å². The highest BCUT2D eigenvalue weighted by atomic mass is 16.5. The van der Waals surface area contributed by atoms with Crippen molar-refractivity contribution in [1.82, 2.24) is 5.32 Å². The number of likely N-dealkylation sites (N-methyl/N-ethyl adjacent to an activating group) is 1. The van der Waals surface area contributed by atoms with Crippen LogP contribution in [0.2, 0.25) is 0 Å². The molecule has 0 radical (unpaired) electrons. The lowest BCUT2D eigenvalue weighted by Crippen LogP contribution is -2.21. The van der Waals surface area contributed by atoms with Gasteiger partial charge in [-0.3, -0.25) is 0 Å². The van der Waals surface area contributed by atoms with E-state index in [-0.39, 0.29) is 0 Å². The van der Waals surface area contributed by atoms with Crippen molar-refractivity contribution in [3.63, 3.8) is 0 Å². The van der Waals surface area contributed by atoms with Crippen LogP contribution in [-0.2, 0) is 0 Å². The van der Waals surface area contributed by atoms with E-state index in [1.165, 1.54) is 0 Å². The fourth-order valence-electron chi connectivity index (χ4n) is 1.84. The van der Waals surface area contributed by atoms with E-state index in [1.807, 2.05) is 26.0 Å². The molecule has 0 heterocycles. The summed E-state index contributed by atoms with van der Waals surface area (Å²) in [5.74, 6) is 1.45. The van der Waals surface area contributed by atoms with Gasteiger partial charge in [-0.1, -0.05) is 6.92 Å². The third kappa shape index (κ3) is 3.11. The SMILES string of the molecule is CCNCC(O)c1ccc(OC)c(C)c1OC. The molecule has 4 heteroatoms. The van der Waals surface area contributed by atoms with Crippen LogP contribution < -0.4 is 14.8 Å². The Labute approximate surface area is 103 Å². The molecule has 1 rings (SSSR count). The van der Waals surface area contributed by atoms with Crippen LogP contribution in [0.3, 0.4) is 0 Å². The molecule has 0 fully saturated rings. The van der Waals surface area contributed by atoms with Gasteiger partial charge in [0.05, 0.1) is 20.3 Å². The van der Waals surface area contributed by atoms with Gasteiger partial charge in [-0.05, 0) is 25.6 Å². The predicted molar refractivity (Wildman–Crippen MR) is 67.8 cm³/mol. The zero-order valence-electron chi connectivity index (χ0n) is 10.9. The average molecular weight is 239 g/mol. The molecule has 1 unspecified atom stereocenters. The fraction of sp³-hybridized carbons (Fsp3) is 0.538. The van der Waals surface area contributed by atoms with Crippen molar-refractivity contribution in [3.05, 3.63) is 23.3 Å². The first kappa shape index (κ1) is 13.8. The topological polar surface area (TPSA) is 50.7 Å². The summed E-state index contributed by atoms with van der Waals surface area (Å²) in [6.07, 6.45) is -0.575. The Morgan fingerprint density at radius 3 is 2.53 bits per heavy atom. The Bertz CT molecular complexity index is 366. The summed E-state index contributed by atoms with van der Waals surface area (Å²) in [4.78, 5) is 0. The molecule has 2 N–H and O–H groups in total. The molecule has 0 aliphatic carbocycles. The summed E-state index contributed by atoms with van der Waals surface area (Å²) in [5, 5.41) is 13.2. The normalized spacial score (nSPS) is 12.3. The zero-order valence-corrected chi connectivity index (χ0v) is 10.9. The van der Waals surface area contributed by atoms with E-state index in [0.29, 0.717) is 12.3 Å². The van der Waals surface area contributed by atoms with Crippen molar-refractivity contribution in [2.24, 2.45) is 0 Å². The molecule has 4 nitrogen and oxygen atoms in total. The number of rotatable bonds is 6. The van der Waals surface area contributed by atoms with Crippen molar-refractivity contribution in [1.29, 1.82) is 0 Å². The third-order valence-corrected chi connectivity index (χ3v) is 2.76. The highest BCUT2D eigenvalue weighted by molar-refractivity contribution is 5.50. The Kier molecular flexibility index (Phi) is 5.25. The van der Waals surface area contributed by atoms with Gasteiger partial charge in [-0.15, -0.1) is 0 Å².